The molecule has 0 atom stereocenters. The number of carbonyl (C=O) groups excluding carboxylic acids is 1. The zero-order chi connectivity index (χ0) is 21.8. The first kappa shape index (κ1) is 19.9. The van der Waals surface area contributed by atoms with E-state index < -0.39 is 10.8 Å². The molecule has 2 heterocycles. The van der Waals surface area contributed by atoms with Crippen molar-refractivity contribution in [2.24, 2.45) is 0 Å². The average Bonchev–Trinajstić information content (AvgIpc) is 2.80. The van der Waals surface area contributed by atoms with Crippen molar-refractivity contribution >= 4 is 22.4 Å². The quantitative estimate of drug-likeness (QED) is 0.382. The minimum Gasteiger partial charge on any atom is -0.346 e. The van der Waals surface area contributed by atoms with Gasteiger partial charge in [0.2, 0.25) is 0 Å². The van der Waals surface area contributed by atoms with Gasteiger partial charge in [-0.05, 0) is 23.8 Å². The second-order valence-corrected chi connectivity index (χ2v) is 6.81. The van der Waals surface area contributed by atoms with Crippen LogP contribution in [0.4, 0.5) is 5.69 Å². The Bertz CT molecular complexity index is 1330. The summed E-state index contributed by atoms with van der Waals surface area (Å²) in [5.74, 6) is -0.473. The number of hydrogen-bond donors (Lipinski definition) is 1. The number of hydrogen-bond acceptors (Lipinski definition) is 6. The van der Waals surface area contributed by atoms with E-state index in [1.54, 1.807) is 42.7 Å². The maximum Gasteiger partial charge on any atom is 0.274 e. The molecule has 0 unspecified atom stereocenters. The van der Waals surface area contributed by atoms with E-state index in [0.29, 0.717) is 16.5 Å². The van der Waals surface area contributed by atoms with Crippen LogP contribution in [-0.4, -0.2) is 25.6 Å². The summed E-state index contributed by atoms with van der Waals surface area (Å²) >= 11 is 0. The fraction of sp³-hybridized carbons (Fsp3) is 0.0909. The molecule has 0 aliphatic rings. The number of non-ortho nitro benzene ring substituents is 1. The zero-order valence-corrected chi connectivity index (χ0v) is 16.3. The molecule has 2 aromatic heterocycles. The summed E-state index contributed by atoms with van der Waals surface area (Å²) in [6.07, 6.45) is 3.31. The maximum atomic E-state index is 12.9. The van der Waals surface area contributed by atoms with Crippen LogP contribution in [0.1, 0.15) is 21.6 Å². The monoisotopic (exact) mass is 415 g/mol. The van der Waals surface area contributed by atoms with Crippen molar-refractivity contribution in [3.8, 4) is 0 Å². The van der Waals surface area contributed by atoms with Crippen molar-refractivity contribution in [1.82, 2.24) is 20.1 Å². The van der Waals surface area contributed by atoms with Crippen molar-refractivity contribution in [2.75, 3.05) is 0 Å². The summed E-state index contributed by atoms with van der Waals surface area (Å²) in [5, 5.41) is 19.3. The van der Waals surface area contributed by atoms with Crippen LogP contribution < -0.4 is 10.9 Å². The first-order chi connectivity index (χ1) is 15.0. The molecule has 0 spiro atoms. The number of aromatic nitrogens is 3. The SMILES string of the molecule is O=C(NCc1nn(Cc2cccnc2)c(=O)c2ccccc12)c1cccc([N+](=O)[O-])c1. The van der Waals surface area contributed by atoms with Gasteiger partial charge in [0.1, 0.15) is 0 Å². The zero-order valence-electron chi connectivity index (χ0n) is 16.3. The van der Waals surface area contributed by atoms with Crippen LogP contribution in [-0.2, 0) is 13.1 Å². The molecule has 9 heteroatoms. The normalized spacial score (nSPS) is 10.7. The van der Waals surface area contributed by atoms with Gasteiger partial charge in [-0.2, -0.15) is 5.10 Å². The highest BCUT2D eigenvalue weighted by Gasteiger charge is 2.14. The summed E-state index contributed by atoms with van der Waals surface area (Å²) in [6.45, 7) is 0.290. The van der Waals surface area contributed by atoms with Gasteiger partial charge in [0.05, 0.1) is 29.1 Å². The van der Waals surface area contributed by atoms with Gasteiger partial charge in [-0.25, -0.2) is 4.68 Å². The molecular weight excluding hydrogens is 398 g/mol. The minimum atomic E-state index is -0.555. The Balaban J connectivity index is 1.64. The number of pyridine rings is 1. The van der Waals surface area contributed by atoms with Crippen molar-refractivity contribution in [1.29, 1.82) is 0 Å². The number of amides is 1. The first-order valence-electron chi connectivity index (χ1n) is 9.43. The lowest BCUT2D eigenvalue weighted by Crippen LogP contribution is -2.29. The topological polar surface area (TPSA) is 120 Å². The van der Waals surface area contributed by atoms with Crippen LogP contribution >= 0.6 is 0 Å². The number of rotatable bonds is 6. The summed E-state index contributed by atoms with van der Waals surface area (Å²) in [4.78, 5) is 39.9. The van der Waals surface area contributed by atoms with Crippen molar-refractivity contribution in [3.05, 3.63) is 110 Å². The van der Waals surface area contributed by atoms with E-state index in [1.807, 2.05) is 6.07 Å². The van der Waals surface area contributed by atoms with Gasteiger partial charge in [0.25, 0.3) is 17.2 Å². The summed E-state index contributed by atoms with van der Waals surface area (Å²) in [7, 11) is 0. The Labute approximate surface area is 176 Å². The van der Waals surface area contributed by atoms with Crippen molar-refractivity contribution in [2.45, 2.75) is 13.1 Å². The number of benzene rings is 2. The van der Waals surface area contributed by atoms with Crippen molar-refractivity contribution in [3.63, 3.8) is 0 Å². The number of fused-ring (bicyclic) bond motifs is 1. The molecule has 9 nitrogen and oxygen atoms in total. The molecule has 4 rings (SSSR count). The second kappa shape index (κ2) is 8.54. The lowest BCUT2D eigenvalue weighted by atomic mass is 10.1. The van der Waals surface area contributed by atoms with E-state index in [1.165, 1.54) is 28.9 Å². The number of carbonyl (C=O) groups is 1. The lowest BCUT2D eigenvalue weighted by molar-refractivity contribution is -0.384. The highest BCUT2D eigenvalue weighted by molar-refractivity contribution is 5.95. The summed E-state index contributed by atoms with van der Waals surface area (Å²) < 4.78 is 1.34. The van der Waals surface area contributed by atoms with E-state index in [2.05, 4.69) is 15.4 Å². The molecule has 4 aromatic rings. The molecule has 0 bridgehead atoms. The van der Waals surface area contributed by atoms with Crippen LogP contribution in [0.3, 0.4) is 0 Å². The second-order valence-electron chi connectivity index (χ2n) is 6.81. The van der Waals surface area contributed by atoms with Gasteiger partial charge in [-0.3, -0.25) is 24.7 Å². The number of nitro benzene ring substituents is 1. The largest absolute Gasteiger partial charge is 0.346 e. The van der Waals surface area contributed by atoms with Gasteiger partial charge in [-0.15, -0.1) is 0 Å². The molecule has 1 amide bonds. The van der Waals surface area contributed by atoms with E-state index in [0.717, 1.165) is 5.56 Å². The Hall–Kier alpha value is -4.40. The van der Waals surface area contributed by atoms with Crippen LogP contribution in [0.2, 0.25) is 0 Å². The smallest absolute Gasteiger partial charge is 0.274 e. The molecule has 0 aliphatic heterocycles. The average molecular weight is 415 g/mol. The molecule has 31 heavy (non-hydrogen) atoms. The fourth-order valence-corrected chi connectivity index (χ4v) is 3.23. The van der Waals surface area contributed by atoms with Crippen molar-refractivity contribution < 1.29 is 9.72 Å². The minimum absolute atomic E-state index is 0.0510. The Morgan fingerprint density at radius 3 is 2.61 bits per heavy atom. The molecule has 2 aromatic carbocycles. The van der Waals surface area contributed by atoms with E-state index >= 15 is 0 Å². The third kappa shape index (κ3) is 4.30. The molecule has 0 fully saturated rings. The highest BCUT2D eigenvalue weighted by atomic mass is 16.6. The van der Waals surface area contributed by atoms with Gasteiger partial charge in [-0.1, -0.05) is 30.3 Å². The van der Waals surface area contributed by atoms with Crippen LogP contribution in [0.15, 0.2) is 77.9 Å². The molecule has 1 N–H and O–H groups in total. The van der Waals surface area contributed by atoms with E-state index in [9.17, 15) is 19.7 Å². The molecule has 0 saturated heterocycles. The molecule has 0 radical (unpaired) electrons. The molecule has 154 valence electrons. The van der Waals surface area contributed by atoms with Gasteiger partial charge in [0, 0.05) is 35.5 Å². The lowest BCUT2D eigenvalue weighted by Gasteiger charge is -2.12. The summed E-state index contributed by atoms with van der Waals surface area (Å²) in [6, 6.07) is 16.2. The predicted molar refractivity (Wildman–Crippen MR) is 114 cm³/mol. The Kier molecular flexibility index (Phi) is 5.48. The third-order valence-electron chi connectivity index (χ3n) is 4.73. The molecule has 0 aliphatic carbocycles. The number of nitrogens with zero attached hydrogens (tertiary/aromatic N) is 4. The predicted octanol–water partition coefficient (Wildman–Crippen LogP) is 2.68. The van der Waals surface area contributed by atoms with Gasteiger partial charge < -0.3 is 5.32 Å². The number of nitro groups is 1. The molecule has 0 saturated carbocycles. The Morgan fingerprint density at radius 1 is 1.06 bits per heavy atom. The molecular formula is C22H17N5O4. The van der Waals surface area contributed by atoms with Gasteiger partial charge >= 0.3 is 0 Å². The van der Waals surface area contributed by atoms with Crippen LogP contribution in [0.5, 0.6) is 0 Å². The Morgan fingerprint density at radius 2 is 1.87 bits per heavy atom. The van der Waals surface area contributed by atoms with E-state index in [4.69, 9.17) is 0 Å². The maximum absolute atomic E-state index is 12.9. The van der Waals surface area contributed by atoms with Crippen LogP contribution in [0, 0.1) is 10.1 Å². The highest BCUT2D eigenvalue weighted by Crippen LogP contribution is 2.15. The van der Waals surface area contributed by atoms with E-state index in [-0.39, 0.29) is 29.9 Å². The summed E-state index contributed by atoms with van der Waals surface area (Å²) in [5.41, 5.74) is 1.09. The van der Waals surface area contributed by atoms with Crippen LogP contribution in [0.25, 0.3) is 10.8 Å². The third-order valence-corrected chi connectivity index (χ3v) is 4.73. The standard InChI is InChI=1S/C22H17N5O4/c28-21(16-6-3-7-17(11-16)27(30)31)24-13-20-18-8-1-2-9-19(18)22(29)26(25-20)14-15-5-4-10-23-12-15/h1-12H,13-14H2,(H,24,28). The fourth-order valence-electron chi connectivity index (χ4n) is 3.23. The van der Waals surface area contributed by atoms with Gasteiger partial charge in [0.15, 0.2) is 0 Å². The number of nitrogens with one attached hydrogen (secondary N) is 1. The first-order valence-corrected chi connectivity index (χ1v) is 9.43.